The van der Waals surface area contributed by atoms with Gasteiger partial charge < -0.3 is 10.3 Å². The fourth-order valence-electron chi connectivity index (χ4n) is 1.57. The van der Waals surface area contributed by atoms with E-state index in [0.29, 0.717) is 17.7 Å². The Morgan fingerprint density at radius 3 is 2.73 bits per heavy atom. The first-order valence-electron chi connectivity index (χ1n) is 4.51. The van der Waals surface area contributed by atoms with Crippen molar-refractivity contribution >= 4 is 17.1 Å². The molecule has 0 saturated heterocycles. The molecule has 0 aliphatic heterocycles. The van der Waals surface area contributed by atoms with Gasteiger partial charge >= 0.3 is 5.69 Å². The van der Waals surface area contributed by atoms with E-state index in [0.717, 1.165) is 0 Å². The van der Waals surface area contributed by atoms with Crippen molar-refractivity contribution in [2.75, 3.05) is 5.73 Å². The van der Waals surface area contributed by atoms with Crippen molar-refractivity contribution in [2.24, 2.45) is 7.05 Å². The van der Waals surface area contributed by atoms with Crippen molar-refractivity contribution in [3.05, 3.63) is 20.8 Å². The highest BCUT2D eigenvalue weighted by Crippen LogP contribution is 2.10. The largest absolute Gasteiger partial charge is 0.369 e. The molecular formula is C8H11N5O2. The summed E-state index contributed by atoms with van der Waals surface area (Å²) < 4.78 is 2.83. The van der Waals surface area contributed by atoms with E-state index in [1.165, 1.54) is 11.6 Å². The van der Waals surface area contributed by atoms with E-state index < -0.39 is 11.2 Å². The Hall–Kier alpha value is -2.05. The number of fused-ring (bicyclic) bond motifs is 1. The van der Waals surface area contributed by atoms with Crippen molar-refractivity contribution in [3.8, 4) is 0 Å². The molecule has 2 aromatic rings. The quantitative estimate of drug-likeness (QED) is 0.631. The first-order valence-corrected chi connectivity index (χ1v) is 4.51. The van der Waals surface area contributed by atoms with Crippen LogP contribution < -0.4 is 17.0 Å². The number of anilines is 1. The fraction of sp³-hybridized carbons (Fsp3) is 0.375. The number of imidazole rings is 1. The van der Waals surface area contributed by atoms with Crippen LogP contribution in [0.1, 0.15) is 6.92 Å². The van der Waals surface area contributed by atoms with Crippen LogP contribution in [0, 0.1) is 0 Å². The maximum Gasteiger partial charge on any atom is 0.329 e. The van der Waals surface area contributed by atoms with Gasteiger partial charge in [-0.2, -0.15) is 4.98 Å². The summed E-state index contributed by atoms with van der Waals surface area (Å²) >= 11 is 0. The fourth-order valence-corrected chi connectivity index (χ4v) is 1.57. The molecule has 2 rings (SSSR count). The molecule has 0 bridgehead atoms. The van der Waals surface area contributed by atoms with Crippen LogP contribution in [0.3, 0.4) is 0 Å². The van der Waals surface area contributed by atoms with Crippen molar-refractivity contribution in [2.45, 2.75) is 13.5 Å². The van der Waals surface area contributed by atoms with Gasteiger partial charge in [0.2, 0.25) is 5.95 Å². The average molecular weight is 209 g/mol. The van der Waals surface area contributed by atoms with Crippen molar-refractivity contribution in [3.63, 3.8) is 0 Å². The first kappa shape index (κ1) is 9.50. The summed E-state index contributed by atoms with van der Waals surface area (Å²) in [5.41, 5.74) is 5.32. The Morgan fingerprint density at radius 2 is 2.13 bits per heavy atom. The Bertz CT molecular complexity index is 633. The standard InChI is InChI=1S/C8H11N5O2/c1-3-13-4-5(10-7(13)9)12(2)8(15)11-6(4)14/h3H2,1-2H3,(H2,9,10)(H,11,14,15). The molecule has 0 unspecified atom stereocenters. The lowest BCUT2D eigenvalue weighted by Crippen LogP contribution is -2.29. The monoisotopic (exact) mass is 209 g/mol. The highest BCUT2D eigenvalue weighted by atomic mass is 16.2. The normalized spacial score (nSPS) is 11.1. The van der Waals surface area contributed by atoms with E-state index >= 15 is 0 Å². The third kappa shape index (κ3) is 1.16. The molecule has 3 N–H and O–H groups in total. The van der Waals surface area contributed by atoms with E-state index in [1.54, 1.807) is 4.57 Å². The number of hydrogen-bond acceptors (Lipinski definition) is 4. The Labute approximate surface area is 84.2 Å². The molecule has 0 saturated carbocycles. The van der Waals surface area contributed by atoms with Gasteiger partial charge in [0, 0.05) is 13.6 Å². The van der Waals surface area contributed by atoms with Crippen LogP contribution in [-0.4, -0.2) is 19.1 Å². The number of nitrogen functional groups attached to an aromatic ring is 1. The summed E-state index contributed by atoms with van der Waals surface area (Å²) in [6, 6.07) is 0. The molecule has 80 valence electrons. The maximum atomic E-state index is 11.6. The molecule has 0 radical (unpaired) electrons. The summed E-state index contributed by atoms with van der Waals surface area (Å²) in [6.45, 7) is 2.38. The van der Waals surface area contributed by atoms with E-state index in [1.807, 2.05) is 6.92 Å². The molecule has 0 amide bonds. The Morgan fingerprint density at radius 1 is 1.47 bits per heavy atom. The van der Waals surface area contributed by atoms with E-state index in [4.69, 9.17) is 5.73 Å². The highest BCUT2D eigenvalue weighted by Gasteiger charge is 2.13. The minimum Gasteiger partial charge on any atom is -0.369 e. The van der Waals surface area contributed by atoms with Crippen molar-refractivity contribution in [1.29, 1.82) is 0 Å². The topological polar surface area (TPSA) is 98.7 Å². The lowest BCUT2D eigenvalue weighted by Gasteiger charge is -2.00. The first-order chi connectivity index (χ1) is 7.06. The van der Waals surface area contributed by atoms with Crippen LogP contribution in [0.15, 0.2) is 9.59 Å². The van der Waals surface area contributed by atoms with Crippen LogP contribution in [0.25, 0.3) is 11.2 Å². The predicted octanol–water partition coefficient (Wildman–Crippen LogP) is -0.975. The number of rotatable bonds is 1. The van der Waals surface area contributed by atoms with E-state index in [2.05, 4.69) is 9.97 Å². The van der Waals surface area contributed by atoms with Gasteiger partial charge in [-0.1, -0.05) is 0 Å². The molecule has 0 fully saturated rings. The maximum absolute atomic E-state index is 11.6. The number of aromatic nitrogens is 4. The van der Waals surface area contributed by atoms with Gasteiger partial charge in [-0.05, 0) is 6.92 Å². The molecule has 0 aliphatic rings. The van der Waals surface area contributed by atoms with Gasteiger partial charge in [-0.15, -0.1) is 0 Å². The van der Waals surface area contributed by atoms with Crippen molar-refractivity contribution < 1.29 is 0 Å². The Kier molecular flexibility index (Phi) is 1.88. The van der Waals surface area contributed by atoms with E-state index in [9.17, 15) is 9.59 Å². The van der Waals surface area contributed by atoms with Crippen LogP contribution in [0.4, 0.5) is 5.95 Å². The highest BCUT2D eigenvalue weighted by molar-refractivity contribution is 5.73. The zero-order valence-corrected chi connectivity index (χ0v) is 8.44. The van der Waals surface area contributed by atoms with E-state index in [-0.39, 0.29) is 5.95 Å². The lowest BCUT2D eigenvalue weighted by molar-refractivity contribution is 0.787. The summed E-state index contributed by atoms with van der Waals surface area (Å²) in [6.07, 6.45) is 0. The SMILES string of the molecule is CCn1c(N)nc2c1c(=O)[nH]c(=O)n2C. The molecule has 7 heteroatoms. The minimum atomic E-state index is -0.492. The molecule has 0 atom stereocenters. The summed E-state index contributed by atoms with van der Waals surface area (Å²) in [7, 11) is 1.53. The second kappa shape index (κ2) is 2.97. The molecule has 2 heterocycles. The van der Waals surface area contributed by atoms with Crippen LogP contribution >= 0.6 is 0 Å². The molecule has 2 aromatic heterocycles. The molecule has 15 heavy (non-hydrogen) atoms. The number of hydrogen-bond donors (Lipinski definition) is 2. The number of nitrogens with two attached hydrogens (primary N) is 1. The molecular weight excluding hydrogens is 198 g/mol. The third-order valence-electron chi connectivity index (χ3n) is 2.35. The summed E-state index contributed by atoms with van der Waals surface area (Å²) in [4.78, 5) is 29.0. The molecule has 0 aromatic carbocycles. The predicted molar refractivity (Wildman–Crippen MR) is 55.7 cm³/mol. The number of aromatic amines is 1. The van der Waals surface area contributed by atoms with Gasteiger partial charge in [-0.25, -0.2) is 4.79 Å². The van der Waals surface area contributed by atoms with Gasteiger partial charge in [0.1, 0.15) is 0 Å². The van der Waals surface area contributed by atoms with Crippen LogP contribution in [0.5, 0.6) is 0 Å². The average Bonchev–Trinajstić information content (AvgIpc) is 2.52. The van der Waals surface area contributed by atoms with Gasteiger partial charge in [-0.3, -0.25) is 14.3 Å². The molecule has 0 spiro atoms. The van der Waals surface area contributed by atoms with Crippen molar-refractivity contribution in [1.82, 2.24) is 19.1 Å². The zero-order chi connectivity index (χ0) is 11.2. The number of nitrogens with zero attached hydrogens (tertiary/aromatic N) is 3. The minimum absolute atomic E-state index is 0.235. The second-order valence-electron chi connectivity index (χ2n) is 3.20. The summed E-state index contributed by atoms with van der Waals surface area (Å²) in [5.74, 6) is 0.235. The number of H-pyrrole nitrogens is 1. The van der Waals surface area contributed by atoms with Crippen LogP contribution in [-0.2, 0) is 13.6 Å². The van der Waals surface area contributed by atoms with Crippen LogP contribution in [0.2, 0.25) is 0 Å². The lowest BCUT2D eigenvalue weighted by atomic mass is 10.5. The molecule has 7 nitrogen and oxygen atoms in total. The Balaban J connectivity index is 3.10. The number of nitrogens with one attached hydrogen (secondary N) is 1. The third-order valence-corrected chi connectivity index (χ3v) is 2.35. The van der Waals surface area contributed by atoms with Gasteiger partial charge in [0.15, 0.2) is 11.2 Å². The van der Waals surface area contributed by atoms with Gasteiger partial charge in [0.25, 0.3) is 5.56 Å². The molecule has 0 aliphatic carbocycles. The zero-order valence-electron chi connectivity index (χ0n) is 8.44. The second-order valence-corrected chi connectivity index (χ2v) is 3.20. The smallest absolute Gasteiger partial charge is 0.329 e. The van der Waals surface area contributed by atoms with Gasteiger partial charge in [0.05, 0.1) is 0 Å². The summed E-state index contributed by atoms with van der Waals surface area (Å²) in [5, 5.41) is 0. The number of aryl methyl sites for hydroxylation is 2.